The highest BCUT2D eigenvalue weighted by atomic mass is 19.1. The van der Waals surface area contributed by atoms with Gasteiger partial charge in [0, 0.05) is 23.7 Å². The Morgan fingerprint density at radius 3 is 2.47 bits per heavy atom. The molecule has 2 N–H and O–H groups in total. The van der Waals surface area contributed by atoms with Gasteiger partial charge in [0.2, 0.25) is 6.17 Å². The van der Waals surface area contributed by atoms with Crippen molar-refractivity contribution in [3.8, 4) is 5.75 Å². The van der Waals surface area contributed by atoms with E-state index in [0.717, 1.165) is 0 Å². The second-order valence-corrected chi connectivity index (χ2v) is 6.80. The normalized spacial score (nSPS) is 15.8. The average molecular weight is 403 g/mol. The Labute approximate surface area is 172 Å². The number of benzene rings is 3. The van der Waals surface area contributed by atoms with E-state index in [4.69, 9.17) is 0 Å². The number of amides is 2. The van der Waals surface area contributed by atoms with Gasteiger partial charge in [-0.15, -0.1) is 0 Å². The van der Waals surface area contributed by atoms with Crippen molar-refractivity contribution in [1.82, 2.24) is 5.32 Å². The number of nitrogens with zero attached hydrogens (tertiary/aromatic N) is 2. The zero-order valence-corrected chi connectivity index (χ0v) is 16.0. The van der Waals surface area contributed by atoms with Crippen LogP contribution in [0.5, 0.6) is 5.75 Å². The van der Waals surface area contributed by atoms with Crippen LogP contribution in [0.2, 0.25) is 0 Å². The molecule has 4 rings (SSSR count). The summed E-state index contributed by atoms with van der Waals surface area (Å²) in [5.41, 5.74) is 1.80. The number of carbonyl (C=O) groups is 2. The average Bonchev–Trinajstić information content (AvgIpc) is 2.85. The molecule has 0 fully saturated rings. The molecular weight excluding hydrogens is 385 g/mol. The number of rotatable bonds is 3. The van der Waals surface area contributed by atoms with Crippen LogP contribution in [-0.2, 0) is 4.79 Å². The van der Waals surface area contributed by atoms with Gasteiger partial charge in [0.25, 0.3) is 11.8 Å². The second kappa shape index (κ2) is 7.79. The number of nitrogens with one attached hydrogen (secondary N) is 1. The Morgan fingerprint density at radius 1 is 1.03 bits per heavy atom. The van der Waals surface area contributed by atoms with E-state index in [1.165, 1.54) is 35.2 Å². The Balaban J connectivity index is 1.81. The minimum atomic E-state index is -1.27. The number of anilines is 1. The quantitative estimate of drug-likeness (QED) is 0.705. The first-order valence-corrected chi connectivity index (χ1v) is 9.25. The molecule has 0 bridgehead atoms. The highest BCUT2D eigenvalue weighted by molar-refractivity contribution is 6.20. The smallest absolute Gasteiger partial charge is 0.272 e. The lowest BCUT2D eigenvalue weighted by Gasteiger charge is -2.20. The molecular formula is C23H18FN3O3. The SMILES string of the molecule is CN1C(=O)C(NC(=O)c2cccc(O)c2)N=C(c2ccccc2F)c2ccccc21. The van der Waals surface area contributed by atoms with Crippen LogP contribution in [-0.4, -0.2) is 35.8 Å². The van der Waals surface area contributed by atoms with Crippen LogP contribution in [0.15, 0.2) is 77.8 Å². The lowest BCUT2D eigenvalue weighted by atomic mass is 10.00. The summed E-state index contributed by atoms with van der Waals surface area (Å²) in [6.45, 7) is 0. The molecule has 2 amide bonds. The van der Waals surface area contributed by atoms with Crippen molar-refractivity contribution in [2.45, 2.75) is 6.17 Å². The van der Waals surface area contributed by atoms with Gasteiger partial charge >= 0.3 is 0 Å². The molecule has 0 radical (unpaired) electrons. The van der Waals surface area contributed by atoms with E-state index in [2.05, 4.69) is 10.3 Å². The number of likely N-dealkylation sites (N-methyl/N-ethyl adjacent to an activating group) is 1. The number of hydrogen-bond acceptors (Lipinski definition) is 4. The van der Waals surface area contributed by atoms with Gasteiger partial charge in [0.1, 0.15) is 11.6 Å². The molecule has 1 unspecified atom stereocenters. The summed E-state index contributed by atoms with van der Waals surface area (Å²) < 4.78 is 14.6. The molecule has 0 saturated heterocycles. The van der Waals surface area contributed by atoms with Gasteiger partial charge in [0.05, 0.1) is 11.4 Å². The van der Waals surface area contributed by atoms with Gasteiger partial charge in [-0.2, -0.15) is 0 Å². The number of para-hydroxylation sites is 1. The molecule has 1 aliphatic heterocycles. The van der Waals surface area contributed by atoms with Crippen LogP contribution in [0.25, 0.3) is 0 Å². The third-order valence-corrected chi connectivity index (χ3v) is 4.85. The highest BCUT2D eigenvalue weighted by Crippen LogP contribution is 2.28. The minimum absolute atomic E-state index is 0.0742. The topological polar surface area (TPSA) is 82.0 Å². The number of phenols is 1. The van der Waals surface area contributed by atoms with Crippen LogP contribution in [0.4, 0.5) is 10.1 Å². The number of fused-ring (bicyclic) bond motifs is 1. The molecule has 0 aromatic heterocycles. The Morgan fingerprint density at radius 2 is 1.73 bits per heavy atom. The van der Waals surface area contributed by atoms with Crippen molar-refractivity contribution in [3.05, 3.63) is 95.3 Å². The zero-order chi connectivity index (χ0) is 21.3. The summed E-state index contributed by atoms with van der Waals surface area (Å²) in [6.07, 6.45) is -1.27. The molecule has 0 saturated carbocycles. The number of carbonyl (C=O) groups excluding carboxylic acids is 2. The zero-order valence-electron chi connectivity index (χ0n) is 16.0. The van der Waals surface area contributed by atoms with Gasteiger partial charge in [-0.25, -0.2) is 9.38 Å². The van der Waals surface area contributed by atoms with Crippen molar-refractivity contribution >= 4 is 23.2 Å². The van der Waals surface area contributed by atoms with Crippen molar-refractivity contribution in [3.63, 3.8) is 0 Å². The maximum atomic E-state index is 14.6. The predicted molar refractivity (Wildman–Crippen MR) is 111 cm³/mol. The fourth-order valence-electron chi connectivity index (χ4n) is 3.34. The molecule has 30 heavy (non-hydrogen) atoms. The summed E-state index contributed by atoms with van der Waals surface area (Å²) in [6, 6.07) is 18.9. The molecule has 150 valence electrons. The largest absolute Gasteiger partial charge is 0.508 e. The van der Waals surface area contributed by atoms with E-state index >= 15 is 0 Å². The maximum Gasteiger partial charge on any atom is 0.272 e. The first kappa shape index (κ1) is 19.3. The molecule has 3 aromatic carbocycles. The monoisotopic (exact) mass is 403 g/mol. The highest BCUT2D eigenvalue weighted by Gasteiger charge is 2.31. The standard InChI is InChI=1S/C23H18FN3O3/c1-27-19-12-5-3-10-17(19)20(16-9-2-4-11-18(16)24)25-21(23(27)30)26-22(29)14-7-6-8-15(28)13-14/h2-13,21,28H,1H3,(H,26,29). The number of aliphatic imine (C=N–C) groups is 1. The van der Waals surface area contributed by atoms with E-state index in [-0.39, 0.29) is 22.6 Å². The van der Waals surface area contributed by atoms with E-state index in [0.29, 0.717) is 11.3 Å². The Kier molecular flexibility index (Phi) is 5.02. The number of aromatic hydroxyl groups is 1. The summed E-state index contributed by atoms with van der Waals surface area (Å²) in [5.74, 6) is -1.61. The van der Waals surface area contributed by atoms with Crippen molar-refractivity contribution < 1.29 is 19.1 Å². The first-order chi connectivity index (χ1) is 14.5. The molecule has 7 heteroatoms. The first-order valence-electron chi connectivity index (χ1n) is 9.25. The number of hydrogen-bond donors (Lipinski definition) is 2. The van der Waals surface area contributed by atoms with Gasteiger partial charge in [-0.05, 0) is 36.4 Å². The lowest BCUT2D eigenvalue weighted by Crippen LogP contribution is -2.46. The molecule has 0 spiro atoms. The van der Waals surface area contributed by atoms with E-state index in [9.17, 15) is 19.1 Å². The second-order valence-electron chi connectivity index (χ2n) is 6.80. The van der Waals surface area contributed by atoms with Crippen LogP contribution < -0.4 is 10.2 Å². The Bertz CT molecular complexity index is 1180. The molecule has 1 aliphatic rings. The van der Waals surface area contributed by atoms with Crippen molar-refractivity contribution in [2.24, 2.45) is 4.99 Å². The fourth-order valence-corrected chi connectivity index (χ4v) is 3.34. The molecule has 3 aromatic rings. The van der Waals surface area contributed by atoms with E-state index < -0.39 is 23.8 Å². The molecule has 6 nitrogen and oxygen atoms in total. The molecule has 1 atom stereocenters. The van der Waals surface area contributed by atoms with Gasteiger partial charge in [-0.3, -0.25) is 9.59 Å². The van der Waals surface area contributed by atoms with Crippen LogP contribution in [0.1, 0.15) is 21.5 Å². The number of benzodiazepines with no additional fused rings is 1. The Hall–Kier alpha value is -4.00. The van der Waals surface area contributed by atoms with Gasteiger partial charge in [-0.1, -0.05) is 36.4 Å². The number of halogens is 1. The van der Waals surface area contributed by atoms with Crippen molar-refractivity contribution in [2.75, 3.05) is 11.9 Å². The predicted octanol–water partition coefficient (Wildman–Crippen LogP) is 3.10. The fraction of sp³-hybridized carbons (Fsp3) is 0.0870. The van der Waals surface area contributed by atoms with Crippen LogP contribution >= 0.6 is 0 Å². The lowest BCUT2D eigenvalue weighted by molar-refractivity contribution is -0.119. The summed E-state index contributed by atoms with van der Waals surface area (Å²) in [7, 11) is 1.58. The van der Waals surface area contributed by atoms with Gasteiger partial charge < -0.3 is 15.3 Å². The summed E-state index contributed by atoms with van der Waals surface area (Å²) in [4.78, 5) is 31.6. The molecule has 0 aliphatic carbocycles. The third-order valence-electron chi connectivity index (χ3n) is 4.85. The third kappa shape index (κ3) is 3.53. The van der Waals surface area contributed by atoms with Crippen molar-refractivity contribution in [1.29, 1.82) is 0 Å². The number of phenolic OH excluding ortho intramolecular Hbond substituents is 1. The maximum absolute atomic E-state index is 14.6. The van der Waals surface area contributed by atoms with Crippen LogP contribution in [0.3, 0.4) is 0 Å². The summed E-state index contributed by atoms with van der Waals surface area (Å²) >= 11 is 0. The summed E-state index contributed by atoms with van der Waals surface area (Å²) in [5, 5.41) is 12.2. The van der Waals surface area contributed by atoms with Crippen LogP contribution in [0, 0.1) is 5.82 Å². The minimum Gasteiger partial charge on any atom is -0.508 e. The van der Waals surface area contributed by atoms with Gasteiger partial charge in [0.15, 0.2) is 0 Å². The van der Waals surface area contributed by atoms with E-state index in [1.807, 2.05) is 0 Å². The molecule has 1 heterocycles. The van der Waals surface area contributed by atoms with E-state index in [1.54, 1.807) is 49.5 Å².